The van der Waals surface area contributed by atoms with Crippen LogP contribution in [0.5, 0.6) is 5.75 Å². The Morgan fingerprint density at radius 2 is 1.38 bits per heavy atom. The highest BCUT2D eigenvalue weighted by molar-refractivity contribution is 7.46. The maximum Gasteiger partial charge on any atom is 0.524 e. The van der Waals surface area contributed by atoms with Crippen LogP contribution < -0.4 is 4.52 Å². The van der Waals surface area contributed by atoms with Gasteiger partial charge in [-0.05, 0) is 40.5 Å². The van der Waals surface area contributed by atoms with Crippen LogP contribution in [0.25, 0.3) is 11.1 Å². The second-order valence-electron chi connectivity index (χ2n) is 7.58. The van der Waals surface area contributed by atoms with Gasteiger partial charge in [0.15, 0.2) is 0 Å². The molecule has 0 aliphatic heterocycles. The van der Waals surface area contributed by atoms with E-state index in [1.165, 1.54) is 5.56 Å². The fourth-order valence-electron chi connectivity index (χ4n) is 3.47. The Kier molecular flexibility index (Phi) is 6.33. The predicted octanol–water partition coefficient (Wildman–Crippen LogP) is 6.20. The second-order valence-corrected chi connectivity index (χ2v) is 8.75. The maximum absolute atomic E-state index is 11.7. The molecule has 2 aromatic carbocycles. The minimum Gasteiger partial charge on any atom is -0.403 e. The zero-order chi connectivity index (χ0) is 19.6. The first-order valence-electron chi connectivity index (χ1n) is 9.04. The van der Waals surface area contributed by atoms with Gasteiger partial charge >= 0.3 is 7.82 Å². The lowest BCUT2D eigenvalue weighted by Crippen LogP contribution is -2.09. The molecule has 0 atom stereocenters. The molecule has 0 spiro atoms. The number of benzene rings is 2. The van der Waals surface area contributed by atoms with E-state index in [0.29, 0.717) is 5.75 Å². The van der Waals surface area contributed by atoms with Crippen molar-refractivity contribution in [2.45, 2.75) is 59.3 Å². The van der Waals surface area contributed by atoms with Gasteiger partial charge in [0, 0.05) is 11.1 Å². The van der Waals surface area contributed by atoms with E-state index in [1.807, 2.05) is 50.2 Å². The predicted molar refractivity (Wildman–Crippen MR) is 107 cm³/mol. The Labute approximate surface area is 156 Å². The van der Waals surface area contributed by atoms with Crippen molar-refractivity contribution < 1.29 is 18.9 Å². The molecule has 0 bridgehead atoms. The van der Waals surface area contributed by atoms with Crippen molar-refractivity contribution in [1.29, 1.82) is 0 Å². The molecule has 26 heavy (non-hydrogen) atoms. The summed E-state index contributed by atoms with van der Waals surface area (Å²) >= 11 is 0. The number of hydrogen-bond acceptors (Lipinski definition) is 2. The van der Waals surface area contributed by atoms with Crippen LogP contribution >= 0.6 is 7.82 Å². The highest BCUT2D eigenvalue weighted by atomic mass is 31.2. The third-order valence-electron chi connectivity index (χ3n) is 4.46. The molecule has 0 aliphatic carbocycles. The van der Waals surface area contributed by atoms with Crippen molar-refractivity contribution in [3.05, 3.63) is 53.1 Å². The summed E-state index contributed by atoms with van der Waals surface area (Å²) in [5, 5.41) is 0. The van der Waals surface area contributed by atoms with Gasteiger partial charge in [0.05, 0.1) is 0 Å². The lowest BCUT2D eigenvalue weighted by atomic mass is 9.80. The van der Waals surface area contributed by atoms with Crippen molar-refractivity contribution in [2.24, 2.45) is 0 Å². The lowest BCUT2D eigenvalue weighted by molar-refractivity contribution is 0.282. The number of hydrogen-bond donors (Lipinski definition) is 2. The zero-order valence-electron chi connectivity index (χ0n) is 16.4. The van der Waals surface area contributed by atoms with Crippen LogP contribution in [-0.2, 0) is 4.57 Å². The Hall–Kier alpha value is -1.61. The van der Waals surface area contributed by atoms with Gasteiger partial charge < -0.3 is 4.52 Å². The van der Waals surface area contributed by atoms with E-state index in [2.05, 4.69) is 27.7 Å². The van der Waals surface area contributed by atoms with Gasteiger partial charge in [-0.1, -0.05) is 71.9 Å². The molecular formula is C21H29O4P. The molecule has 0 radical (unpaired) electrons. The van der Waals surface area contributed by atoms with E-state index in [-0.39, 0.29) is 17.8 Å². The molecular weight excluding hydrogens is 347 g/mol. The van der Waals surface area contributed by atoms with Gasteiger partial charge in [-0.15, -0.1) is 0 Å². The smallest absolute Gasteiger partial charge is 0.403 e. The summed E-state index contributed by atoms with van der Waals surface area (Å²) in [6.45, 7) is 12.6. The molecule has 0 aromatic heterocycles. The lowest BCUT2D eigenvalue weighted by Gasteiger charge is -2.28. The minimum atomic E-state index is -4.69. The standard InChI is InChI=1S/C21H29O4P/c1-13(2)17-12-18(16-10-8-7-9-11-16)21(25-26(22,23)24)20(15(5)6)19(17)14(3)4/h7-15H,1-6H3,(H2,22,23,24). The minimum absolute atomic E-state index is 0.0649. The average molecular weight is 376 g/mol. The maximum atomic E-state index is 11.7. The Balaban J connectivity index is 2.96. The van der Waals surface area contributed by atoms with Crippen molar-refractivity contribution in [1.82, 2.24) is 0 Å². The van der Waals surface area contributed by atoms with Crippen LogP contribution in [0.15, 0.2) is 36.4 Å². The molecule has 2 rings (SSSR count). The molecule has 142 valence electrons. The van der Waals surface area contributed by atoms with Gasteiger partial charge in [-0.25, -0.2) is 4.57 Å². The van der Waals surface area contributed by atoms with Gasteiger partial charge in [0.2, 0.25) is 0 Å². The third kappa shape index (κ3) is 4.56. The first-order valence-corrected chi connectivity index (χ1v) is 10.6. The first-order chi connectivity index (χ1) is 12.0. The van der Waals surface area contributed by atoms with Crippen LogP contribution in [-0.4, -0.2) is 9.79 Å². The monoisotopic (exact) mass is 376 g/mol. The van der Waals surface area contributed by atoms with Gasteiger partial charge in [0.25, 0.3) is 0 Å². The summed E-state index contributed by atoms with van der Waals surface area (Å²) in [5.74, 6) is 0.868. The summed E-state index contributed by atoms with van der Waals surface area (Å²) < 4.78 is 17.0. The molecule has 0 saturated carbocycles. The van der Waals surface area contributed by atoms with E-state index < -0.39 is 7.82 Å². The molecule has 0 saturated heterocycles. The van der Waals surface area contributed by atoms with Crippen LogP contribution in [0.4, 0.5) is 0 Å². The third-order valence-corrected chi connectivity index (χ3v) is 4.88. The quantitative estimate of drug-likeness (QED) is 0.590. The summed E-state index contributed by atoms with van der Waals surface area (Å²) in [6.07, 6.45) is 0. The molecule has 2 aromatic rings. The van der Waals surface area contributed by atoms with Crippen LogP contribution in [0.3, 0.4) is 0 Å². The topological polar surface area (TPSA) is 66.8 Å². The highest BCUT2D eigenvalue weighted by Gasteiger charge is 2.29. The SMILES string of the molecule is CC(C)c1cc(-c2ccccc2)c(OP(=O)(O)O)c(C(C)C)c1C(C)C. The fourth-order valence-corrected chi connectivity index (χ4v) is 3.90. The number of phosphoric acid groups is 1. The van der Waals surface area contributed by atoms with Gasteiger partial charge in [-0.3, -0.25) is 9.79 Å². The molecule has 0 fully saturated rings. The Bertz CT molecular complexity index is 805. The zero-order valence-corrected chi connectivity index (χ0v) is 17.2. The van der Waals surface area contributed by atoms with E-state index in [1.54, 1.807) is 0 Å². The van der Waals surface area contributed by atoms with Crippen LogP contribution in [0.2, 0.25) is 0 Å². The summed E-state index contributed by atoms with van der Waals surface area (Å²) in [5.41, 5.74) is 4.81. The molecule has 2 N–H and O–H groups in total. The highest BCUT2D eigenvalue weighted by Crippen LogP contribution is 2.50. The summed E-state index contributed by atoms with van der Waals surface area (Å²) in [6, 6.07) is 11.7. The molecule has 4 nitrogen and oxygen atoms in total. The van der Waals surface area contributed by atoms with Crippen molar-refractivity contribution in [3.8, 4) is 16.9 Å². The van der Waals surface area contributed by atoms with Crippen molar-refractivity contribution in [3.63, 3.8) is 0 Å². The first kappa shape index (κ1) is 20.7. The summed E-state index contributed by atoms with van der Waals surface area (Å²) in [4.78, 5) is 19.1. The largest absolute Gasteiger partial charge is 0.524 e. The molecule has 0 heterocycles. The van der Waals surface area contributed by atoms with Gasteiger partial charge in [0.1, 0.15) is 5.75 Å². The average Bonchev–Trinajstić information content (AvgIpc) is 2.52. The van der Waals surface area contributed by atoms with Crippen LogP contribution in [0, 0.1) is 0 Å². The van der Waals surface area contributed by atoms with Crippen molar-refractivity contribution >= 4 is 7.82 Å². The fraction of sp³-hybridized carbons (Fsp3) is 0.429. The summed E-state index contributed by atoms with van der Waals surface area (Å²) in [7, 11) is -4.69. The van der Waals surface area contributed by atoms with E-state index >= 15 is 0 Å². The molecule has 0 aliphatic rings. The normalized spacial score (nSPS) is 12.3. The van der Waals surface area contributed by atoms with E-state index in [4.69, 9.17) is 4.52 Å². The van der Waals surface area contributed by atoms with E-state index in [0.717, 1.165) is 22.3 Å². The second kappa shape index (κ2) is 7.96. The van der Waals surface area contributed by atoms with Gasteiger partial charge in [-0.2, -0.15) is 0 Å². The molecule has 5 heteroatoms. The molecule has 0 amide bonds. The number of rotatable bonds is 6. The van der Waals surface area contributed by atoms with E-state index in [9.17, 15) is 14.4 Å². The number of phosphoric ester groups is 1. The van der Waals surface area contributed by atoms with Crippen LogP contribution in [0.1, 0.15) is 76.0 Å². The molecule has 0 unspecified atom stereocenters. The Morgan fingerprint density at radius 3 is 1.81 bits per heavy atom. The van der Waals surface area contributed by atoms with Crippen molar-refractivity contribution in [2.75, 3.05) is 0 Å². The Morgan fingerprint density at radius 1 is 0.846 bits per heavy atom.